The van der Waals surface area contributed by atoms with Gasteiger partial charge in [0.2, 0.25) is 0 Å². The second kappa shape index (κ2) is 5.12. The lowest BCUT2D eigenvalue weighted by Crippen LogP contribution is -2.43. The lowest BCUT2D eigenvalue weighted by atomic mass is 9.92. The summed E-state index contributed by atoms with van der Waals surface area (Å²) in [5.74, 6) is 3.22. The number of rotatable bonds is 2. The number of nitrogens with zero attached hydrogens (tertiary/aromatic N) is 3. The van der Waals surface area contributed by atoms with Crippen LogP contribution in [0.25, 0.3) is 0 Å². The van der Waals surface area contributed by atoms with Crippen molar-refractivity contribution in [2.75, 3.05) is 17.2 Å². The molecule has 2 atom stereocenters. The average Bonchev–Trinajstić information content (AvgIpc) is 2.36. The molecule has 1 aromatic rings. The van der Waals surface area contributed by atoms with E-state index >= 15 is 0 Å². The molecule has 1 aliphatic heterocycles. The van der Waals surface area contributed by atoms with Gasteiger partial charge in [0.15, 0.2) is 0 Å². The van der Waals surface area contributed by atoms with Crippen LogP contribution in [0, 0.1) is 12.8 Å². The standard InChI is InChI=1S/C14H24N4/c1-5-12-16-13(15)10(3)14(17-12)18-8-6-7-9(2)11(18)4/h9,11H,5-8H2,1-4H3,(H2,15,16,17). The van der Waals surface area contributed by atoms with Crippen molar-refractivity contribution in [1.29, 1.82) is 0 Å². The number of nitrogen functional groups attached to an aromatic ring is 1. The number of aryl methyl sites for hydroxylation is 1. The molecule has 1 saturated heterocycles. The van der Waals surface area contributed by atoms with E-state index in [2.05, 4.69) is 30.7 Å². The highest BCUT2D eigenvalue weighted by Gasteiger charge is 2.27. The molecule has 0 radical (unpaired) electrons. The molecule has 1 fully saturated rings. The fraction of sp³-hybridized carbons (Fsp3) is 0.714. The molecular formula is C14H24N4. The Balaban J connectivity index is 2.40. The lowest BCUT2D eigenvalue weighted by Gasteiger charge is -2.39. The van der Waals surface area contributed by atoms with Gasteiger partial charge >= 0.3 is 0 Å². The first kappa shape index (κ1) is 13.1. The van der Waals surface area contributed by atoms with Gasteiger partial charge in [-0.25, -0.2) is 9.97 Å². The van der Waals surface area contributed by atoms with Crippen molar-refractivity contribution >= 4 is 11.6 Å². The quantitative estimate of drug-likeness (QED) is 0.874. The Hall–Kier alpha value is -1.32. The highest BCUT2D eigenvalue weighted by Crippen LogP contribution is 2.30. The molecule has 0 amide bonds. The van der Waals surface area contributed by atoms with Crippen LogP contribution in [0.15, 0.2) is 0 Å². The fourth-order valence-corrected chi connectivity index (χ4v) is 2.64. The molecule has 2 unspecified atom stereocenters. The van der Waals surface area contributed by atoms with Crippen LogP contribution < -0.4 is 10.6 Å². The van der Waals surface area contributed by atoms with Crippen LogP contribution in [0.5, 0.6) is 0 Å². The van der Waals surface area contributed by atoms with E-state index in [1.807, 2.05) is 6.92 Å². The smallest absolute Gasteiger partial charge is 0.137 e. The third kappa shape index (κ3) is 2.28. The maximum atomic E-state index is 6.01. The van der Waals surface area contributed by atoms with Crippen LogP contribution in [0.1, 0.15) is 45.0 Å². The van der Waals surface area contributed by atoms with Gasteiger partial charge in [-0.05, 0) is 32.6 Å². The Morgan fingerprint density at radius 1 is 1.33 bits per heavy atom. The van der Waals surface area contributed by atoms with Crippen molar-refractivity contribution in [3.05, 3.63) is 11.4 Å². The van der Waals surface area contributed by atoms with Crippen molar-refractivity contribution in [2.45, 2.75) is 53.0 Å². The number of nitrogens with two attached hydrogens (primary N) is 1. The number of hydrogen-bond acceptors (Lipinski definition) is 4. The summed E-state index contributed by atoms with van der Waals surface area (Å²) in [7, 11) is 0. The second-order valence-corrected chi connectivity index (χ2v) is 5.38. The average molecular weight is 248 g/mol. The predicted molar refractivity (Wildman–Crippen MR) is 75.8 cm³/mol. The molecule has 0 saturated carbocycles. The molecular weight excluding hydrogens is 224 g/mol. The molecule has 1 aromatic heterocycles. The molecule has 1 aliphatic rings. The molecule has 0 aromatic carbocycles. The van der Waals surface area contributed by atoms with Crippen LogP contribution in [-0.4, -0.2) is 22.6 Å². The molecule has 100 valence electrons. The minimum absolute atomic E-state index is 0.524. The molecule has 4 nitrogen and oxygen atoms in total. The maximum absolute atomic E-state index is 6.01. The second-order valence-electron chi connectivity index (χ2n) is 5.38. The van der Waals surface area contributed by atoms with Gasteiger partial charge in [-0.2, -0.15) is 0 Å². The minimum atomic E-state index is 0.524. The Bertz CT molecular complexity index is 430. The summed E-state index contributed by atoms with van der Waals surface area (Å²) in [6.07, 6.45) is 3.36. The van der Waals surface area contributed by atoms with Gasteiger partial charge in [0.25, 0.3) is 0 Å². The van der Waals surface area contributed by atoms with E-state index < -0.39 is 0 Å². The molecule has 0 bridgehead atoms. The number of aromatic nitrogens is 2. The molecule has 2 N–H and O–H groups in total. The molecule has 2 heterocycles. The number of hydrogen-bond donors (Lipinski definition) is 1. The van der Waals surface area contributed by atoms with Gasteiger partial charge in [-0.3, -0.25) is 0 Å². The summed E-state index contributed by atoms with van der Waals surface area (Å²) in [5, 5.41) is 0. The molecule has 4 heteroatoms. The zero-order valence-corrected chi connectivity index (χ0v) is 11.9. The zero-order chi connectivity index (χ0) is 13.3. The van der Waals surface area contributed by atoms with E-state index in [4.69, 9.17) is 10.7 Å². The van der Waals surface area contributed by atoms with Crippen LogP contribution >= 0.6 is 0 Å². The summed E-state index contributed by atoms with van der Waals surface area (Å²) >= 11 is 0. The zero-order valence-electron chi connectivity index (χ0n) is 11.9. The highest BCUT2D eigenvalue weighted by molar-refractivity contribution is 5.57. The fourth-order valence-electron chi connectivity index (χ4n) is 2.64. The van der Waals surface area contributed by atoms with Gasteiger partial charge in [-0.1, -0.05) is 13.8 Å². The summed E-state index contributed by atoms with van der Waals surface area (Å²) in [6.45, 7) is 9.77. The Morgan fingerprint density at radius 2 is 2.06 bits per heavy atom. The SMILES string of the molecule is CCc1nc(N)c(C)c(N2CCCC(C)C2C)n1. The van der Waals surface area contributed by atoms with E-state index in [1.54, 1.807) is 0 Å². The molecule has 0 aliphatic carbocycles. The number of piperidine rings is 1. The Labute approximate surface area is 110 Å². The first-order chi connectivity index (χ1) is 8.54. The van der Waals surface area contributed by atoms with E-state index in [-0.39, 0.29) is 0 Å². The highest BCUT2D eigenvalue weighted by atomic mass is 15.2. The predicted octanol–water partition coefficient (Wildman–Crippen LogP) is 2.55. The Kier molecular flexibility index (Phi) is 3.73. The summed E-state index contributed by atoms with van der Waals surface area (Å²) in [4.78, 5) is 11.4. The van der Waals surface area contributed by atoms with Gasteiger partial charge in [0.05, 0.1) is 0 Å². The first-order valence-electron chi connectivity index (χ1n) is 6.94. The molecule has 18 heavy (non-hydrogen) atoms. The summed E-state index contributed by atoms with van der Waals surface area (Å²) in [6, 6.07) is 0.524. The third-order valence-corrected chi connectivity index (χ3v) is 4.17. The van der Waals surface area contributed by atoms with Crippen LogP contribution in [0.4, 0.5) is 11.6 Å². The largest absolute Gasteiger partial charge is 0.383 e. The monoisotopic (exact) mass is 248 g/mol. The van der Waals surface area contributed by atoms with Crippen LogP contribution in [0.3, 0.4) is 0 Å². The Morgan fingerprint density at radius 3 is 2.72 bits per heavy atom. The van der Waals surface area contributed by atoms with Gasteiger partial charge < -0.3 is 10.6 Å². The van der Waals surface area contributed by atoms with Crippen molar-refractivity contribution in [2.24, 2.45) is 5.92 Å². The van der Waals surface area contributed by atoms with E-state index in [0.29, 0.717) is 17.8 Å². The maximum Gasteiger partial charge on any atom is 0.137 e. The van der Waals surface area contributed by atoms with Crippen molar-refractivity contribution in [3.63, 3.8) is 0 Å². The normalized spacial score (nSPS) is 24.3. The minimum Gasteiger partial charge on any atom is -0.383 e. The third-order valence-electron chi connectivity index (χ3n) is 4.17. The topological polar surface area (TPSA) is 55.0 Å². The van der Waals surface area contributed by atoms with Crippen LogP contribution in [0.2, 0.25) is 0 Å². The summed E-state index contributed by atoms with van der Waals surface area (Å²) < 4.78 is 0. The lowest BCUT2D eigenvalue weighted by molar-refractivity contribution is 0.361. The molecule has 0 spiro atoms. The van der Waals surface area contributed by atoms with Crippen molar-refractivity contribution < 1.29 is 0 Å². The summed E-state index contributed by atoms with van der Waals surface area (Å²) in [5.41, 5.74) is 7.03. The van der Waals surface area contributed by atoms with Gasteiger partial charge in [0, 0.05) is 24.6 Å². The van der Waals surface area contributed by atoms with Crippen molar-refractivity contribution in [3.8, 4) is 0 Å². The van der Waals surface area contributed by atoms with E-state index in [1.165, 1.54) is 12.8 Å². The molecule has 2 rings (SSSR count). The van der Waals surface area contributed by atoms with E-state index in [0.717, 1.165) is 30.2 Å². The van der Waals surface area contributed by atoms with Gasteiger partial charge in [-0.15, -0.1) is 0 Å². The van der Waals surface area contributed by atoms with Gasteiger partial charge in [0.1, 0.15) is 17.5 Å². The first-order valence-corrected chi connectivity index (χ1v) is 6.94. The van der Waals surface area contributed by atoms with Crippen molar-refractivity contribution in [1.82, 2.24) is 9.97 Å². The van der Waals surface area contributed by atoms with Crippen LogP contribution in [-0.2, 0) is 6.42 Å². The van der Waals surface area contributed by atoms with E-state index in [9.17, 15) is 0 Å². The number of anilines is 2.